The maximum atomic E-state index is 11.8. The molecular weight excluding hydrogens is 332 g/mol. The number of amides is 1. The first-order valence-electron chi connectivity index (χ1n) is 7.26. The van der Waals surface area contributed by atoms with E-state index in [2.05, 4.69) is 33.4 Å². The van der Waals surface area contributed by atoms with Crippen molar-refractivity contribution in [3.05, 3.63) is 35.9 Å². The van der Waals surface area contributed by atoms with Crippen LogP contribution in [0, 0.1) is 0 Å². The molecule has 0 aliphatic rings. The average molecular weight is 350 g/mol. The van der Waals surface area contributed by atoms with Crippen molar-refractivity contribution in [1.82, 2.24) is 19.5 Å². The zero-order valence-electron chi connectivity index (χ0n) is 13.7. The second-order valence-electron chi connectivity index (χ2n) is 4.65. The lowest BCUT2D eigenvalue weighted by Gasteiger charge is -2.19. The molecule has 0 atom stereocenters. The summed E-state index contributed by atoms with van der Waals surface area (Å²) in [5, 5.41) is 2.38. The molecule has 0 unspecified atom stereocenters. The van der Waals surface area contributed by atoms with E-state index in [-0.39, 0.29) is 30.9 Å². The summed E-state index contributed by atoms with van der Waals surface area (Å²) in [4.78, 5) is 36.9. The SMILES string of the molecule is C=CCN(CC=C)c1nc(NC(=O)OCCOC)n2oc(=O)nc2n1. The Kier molecular flexibility index (Phi) is 6.23. The Labute approximate surface area is 142 Å². The molecule has 2 aromatic heterocycles. The Hall–Kier alpha value is -3.21. The van der Waals surface area contributed by atoms with Crippen LogP contribution in [-0.4, -0.2) is 59.0 Å². The summed E-state index contributed by atoms with van der Waals surface area (Å²) < 4.78 is 15.4. The quantitative estimate of drug-likeness (QED) is 0.507. The molecule has 0 saturated carbocycles. The maximum absolute atomic E-state index is 11.8. The van der Waals surface area contributed by atoms with E-state index in [1.807, 2.05) is 0 Å². The number of methoxy groups -OCH3 is 1. The molecule has 0 saturated heterocycles. The molecule has 134 valence electrons. The van der Waals surface area contributed by atoms with Gasteiger partial charge < -0.3 is 18.9 Å². The van der Waals surface area contributed by atoms with Crippen LogP contribution in [0.2, 0.25) is 0 Å². The summed E-state index contributed by atoms with van der Waals surface area (Å²) in [6.07, 6.45) is 2.51. The fourth-order valence-corrected chi connectivity index (χ4v) is 1.84. The van der Waals surface area contributed by atoms with Crippen molar-refractivity contribution >= 4 is 23.8 Å². The van der Waals surface area contributed by atoms with Gasteiger partial charge in [-0.1, -0.05) is 16.7 Å². The molecule has 0 radical (unpaired) electrons. The summed E-state index contributed by atoms with van der Waals surface area (Å²) in [6, 6.07) is 0. The smallest absolute Gasteiger partial charge is 0.447 e. The highest BCUT2D eigenvalue weighted by molar-refractivity contribution is 5.82. The maximum Gasteiger partial charge on any atom is 0.462 e. The molecular formula is C14H18N6O5. The van der Waals surface area contributed by atoms with E-state index >= 15 is 0 Å². The lowest BCUT2D eigenvalue weighted by Crippen LogP contribution is -2.27. The van der Waals surface area contributed by atoms with Crippen molar-refractivity contribution in [2.75, 3.05) is 43.6 Å². The lowest BCUT2D eigenvalue weighted by molar-refractivity contribution is 0.107. The number of carbonyl (C=O) groups is 1. The van der Waals surface area contributed by atoms with Crippen molar-refractivity contribution in [3.63, 3.8) is 0 Å². The highest BCUT2D eigenvalue weighted by Gasteiger charge is 2.18. The van der Waals surface area contributed by atoms with Crippen LogP contribution in [0.15, 0.2) is 34.6 Å². The summed E-state index contributed by atoms with van der Waals surface area (Å²) >= 11 is 0. The van der Waals surface area contributed by atoms with E-state index in [9.17, 15) is 9.59 Å². The summed E-state index contributed by atoms with van der Waals surface area (Å²) in [7, 11) is 1.48. The number of aromatic nitrogens is 4. The Balaban J connectivity index is 2.35. The third kappa shape index (κ3) is 4.64. The van der Waals surface area contributed by atoms with Crippen molar-refractivity contribution < 1.29 is 18.8 Å². The van der Waals surface area contributed by atoms with Gasteiger partial charge in [-0.15, -0.1) is 18.1 Å². The Morgan fingerprint density at radius 2 is 2.00 bits per heavy atom. The largest absolute Gasteiger partial charge is 0.462 e. The number of carbonyl (C=O) groups excluding carboxylic acids is 1. The van der Waals surface area contributed by atoms with Gasteiger partial charge in [-0.2, -0.15) is 9.97 Å². The minimum atomic E-state index is -0.874. The summed E-state index contributed by atoms with van der Waals surface area (Å²) in [5.74, 6) is -0.822. The van der Waals surface area contributed by atoms with Crippen molar-refractivity contribution in [2.24, 2.45) is 0 Å². The fraction of sp³-hybridized carbons (Fsp3) is 0.357. The van der Waals surface area contributed by atoms with E-state index in [0.717, 1.165) is 4.57 Å². The van der Waals surface area contributed by atoms with E-state index in [0.29, 0.717) is 13.1 Å². The number of nitrogens with one attached hydrogen (secondary N) is 1. The van der Waals surface area contributed by atoms with Crippen LogP contribution in [0.25, 0.3) is 5.78 Å². The van der Waals surface area contributed by atoms with Gasteiger partial charge >= 0.3 is 11.8 Å². The van der Waals surface area contributed by atoms with Gasteiger partial charge in [0.2, 0.25) is 5.95 Å². The number of hydrogen-bond acceptors (Lipinski definition) is 9. The molecule has 0 aromatic carbocycles. The predicted octanol–water partition coefficient (Wildman–Crippen LogP) is 0.451. The molecule has 2 aromatic rings. The topological polar surface area (TPSA) is 124 Å². The molecule has 1 amide bonds. The second kappa shape index (κ2) is 8.59. The third-order valence-corrected chi connectivity index (χ3v) is 2.86. The van der Waals surface area contributed by atoms with Crippen molar-refractivity contribution in [2.45, 2.75) is 0 Å². The van der Waals surface area contributed by atoms with E-state index in [1.165, 1.54) is 7.11 Å². The zero-order chi connectivity index (χ0) is 18.2. The molecule has 0 fully saturated rings. The third-order valence-electron chi connectivity index (χ3n) is 2.86. The highest BCUT2D eigenvalue weighted by Crippen LogP contribution is 2.14. The first kappa shape index (κ1) is 18.1. The van der Waals surface area contributed by atoms with Gasteiger partial charge in [-0.05, 0) is 0 Å². The summed E-state index contributed by atoms with van der Waals surface area (Å²) in [6.45, 7) is 8.46. The van der Waals surface area contributed by atoms with Crippen LogP contribution < -0.4 is 16.0 Å². The first-order valence-corrected chi connectivity index (χ1v) is 7.26. The van der Waals surface area contributed by atoms with Crippen molar-refractivity contribution in [1.29, 1.82) is 0 Å². The Morgan fingerprint density at radius 1 is 1.28 bits per heavy atom. The normalized spacial score (nSPS) is 10.4. The molecule has 0 aliphatic carbocycles. The molecule has 0 aliphatic heterocycles. The van der Waals surface area contributed by atoms with Crippen molar-refractivity contribution in [3.8, 4) is 0 Å². The van der Waals surface area contributed by atoms with Crippen LogP contribution in [0.5, 0.6) is 0 Å². The molecule has 0 bridgehead atoms. The Bertz CT molecular complexity index is 804. The van der Waals surface area contributed by atoms with Crippen LogP contribution in [0.3, 0.4) is 0 Å². The number of ether oxygens (including phenoxy) is 2. The van der Waals surface area contributed by atoms with Gasteiger partial charge in [0.15, 0.2) is 0 Å². The number of fused-ring (bicyclic) bond motifs is 1. The number of anilines is 2. The van der Waals surface area contributed by atoms with Gasteiger partial charge in [0.05, 0.1) is 6.61 Å². The molecule has 1 N–H and O–H groups in total. The minimum absolute atomic E-state index is 0.0519. The highest BCUT2D eigenvalue weighted by atomic mass is 16.6. The van der Waals surface area contributed by atoms with E-state index < -0.39 is 11.8 Å². The molecule has 2 rings (SSSR count). The van der Waals surface area contributed by atoms with Gasteiger partial charge in [0, 0.05) is 20.2 Å². The molecule has 11 heteroatoms. The molecule has 11 nitrogen and oxygen atoms in total. The number of rotatable bonds is 9. The van der Waals surface area contributed by atoms with Crippen LogP contribution in [0.4, 0.5) is 16.7 Å². The predicted molar refractivity (Wildman–Crippen MR) is 88.8 cm³/mol. The lowest BCUT2D eigenvalue weighted by atomic mass is 10.4. The second-order valence-corrected chi connectivity index (χ2v) is 4.65. The van der Waals surface area contributed by atoms with E-state index in [4.69, 9.17) is 14.0 Å². The number of hydrogen-bond donors (Lipinski definition) is 1. The minimum Gasteiger partial charge on any atom is -0.447 e. The molecule has 0 spiro atoms. The van der Waals surface area contributed by atoms with Crippen LogP contribution >= 0.6 is 0 Å². The van der Waals surface area contributed by atoms with Gasteiger partial charge in [-0.25, -0.2) is 9.59 Å². The zero-order valence-corrected chi connectivity index (χ0v) is 13.7. The number of nitrogens with zero attached hydrogens (tertiary/aromatic N) is 5. The van der Waals surface area contributed by atoms with Gasteiger partial charge in [-0.3, -0.25) is 5.32 Å². The molecule has 2 heterocycles. The average Bonchev–Trinajstić information content (AvgIpc) is 2.95. The van der Waals surface area contributed by atoms with Gasteiger partial charge in [0.25, 0.3) is 11.7 Å². The summed E-state index contributed by atoms with van der Waals surface area (Å²) in [5.41, 5.74) is 0. The standard InChI is InChI=1S/C14H18N6O5/c1-4-6-19(7-5-2)10-15-11(17-13(21)24-9-8-23-3)20-12(16-10)18-14(22)25-20/h4-5H,1-2,6-9H2,3H3,(H,15,16,17,18,21,22). The van der Waals surface area contributed by atoms with E-state index in [1.54, 1.807) is 17.1 Å². The monoisotopic (exact) mass is 350 g/mol. The van der Waals surface area contributed by atoms with Gasteiger partial charge in [0.1, 0.15) is 6.61 Å². The Morgan fingerprint density at radius 3 is 2.64 bits per heavy atom. The van der Waals surface area contributed by atoms with Crippen LogP contribution in [-0.2, 0) is 9.47 Å². The fourth-order valence-electron chi connectivity index (χ4n) is 1.84. The molecule has 25 heavy (non-hydrogen) atoms. The first-order chi connectivity index (χ1) is 12.1. The van der Waals surface area contributed by atoms with Crippen LogP contribution in [0.1, 0.15) is 0 Å².